The van der Waals surface area contributed by atoms with Crippen molar-refractivity contribution in [1.29, 1.82) is 0 Å². The minimum absolute atomic E-state index is 0.267. The van der Waals surface area contributed by atoms with Gasteiger partial charge in [-0.3, -0.25) is 4.79 Å². The molecule has 0 atom stereocenters. The quantitative estimate of drug-likeness (QED) is 0.842. The fourth-order valence-electron chi connectivity index (χ4n) is 1.90. The average Bonchev–Trinajstić information content (AvgIpc) is 2.44. The second-order valence-electron chi connectivity index (χ2n) is 4.65. The molecule has 2 rings (SSSR count). The van der Waals surface area contributed by atoms with E-state index in [1.165, 1.54) is 17.7 Å². The van der Waals surface area contributed by atoms with E-state index in [0.717, 1.165) is 16.5 Å². The second kappa shape index (κ2) is 6.66. The summed E-state index contributed by atoms with van der Waals surface area (Å²) in [5, 5.41) is 3.60. The number of carbonyl (C=O) groups is 1. The van der Waals surface area contributed by atoms with Crippen LogP contribution < -0.4 is 5.32 Å². The largest absolute Gasteiger partial charge is 0.348 e. The third-order valence-corrected chi connectivity index (χ3v) is 3.58. The molecular weight excluding hydrogens is 321 g/mol. The van der Waals surface area contributed by atoms with Gasteiger partial charge in [0.1, 0.15) is 5.82 Å². The summed E-state index contributed by atoms with van der Waals surface area (Å²) < 4.78 is 13.3. The molecular formula is C16H15BrFNO. The molecule has 0 heterocycles. The Hall–Kier alpha value is -1.68. The van der Waals surface area contributed by atoms with E-state index < -0.39 is 5.82 Å². The van der Waals surface area contributed by atoms with Crippen LogP contribution in [-0.4, -0.2) is 5.91 Å². The van der Waals surface area contributed by atoms with Crippen LogP contribution in [0.5, 0.6) is 0 Å². The molecule has 0 aliphatic carbocycles. The van der Waals surface area contributed by atoms with Crippen molar-refractivity contribution in [2.75, 3.05) is 0 Å². The molecule has 0 unspecified atom stereocenters. The van der Waals surface area contributed by atoms with Crippen LogP contribution in [0.2, 0.25) is 0 Å². The molecule has 2 aromatic rings. The number of aryl methyl sites for hydroxylation is 1. The first-order chi connectivity index (χ1) is 9.58. The molecule has 1 N–H and O–H groups in total. The molecule has 20 heavy (non-hydrogen) atoms. The molecule has 0 radical (unpaired) electrons. The Bertz CT molecular complexity index is 590. The number of benzene rings is 2. The Morgan fingerprint density at radius 1 is 1.15 bits per heavy atom. The van der Waals surface area contributed by atoms with E-state index in [2.05, 4.69) is 21.2 Å². The van der Waals surface area contributed by atoms with Crippen LogP contribution in [0, 0.1) is 12.7 Å². The van der Waals surface area contributed by atoms with Gasteiger partial charge in [-0.15, -0.1) is 0 Å². The van der Waals surface area contributed by atoms with Crippen LogP contribution >= 0.6 is 15.9 Å². The van der Waals surface area contributed by atoms with Crippen molar-refractivity contribution in [1.82, 2.24) is 5.32 Å². The van der Waals surface area contributed by atoms with Gasteiger partial charge < -0.3 is 5.32 Å². The van der Waals surface area contributed by atoms with E-state index in [9.17, 15) is 9.18 Å². The van der Waals surface area contributed by atoms with E-state index in [0.29, 0.717) is 12.1 Å². The number of carbonyl (C=O) groups excluding carboxylic acids is 1. The van der Waals surface area contributed by atoms with Crippen LogP contribution in [0.1, 0.15) is 27.0 Å². The summed E-state index contributed by atoms with van der Waals surface area (Å²) in [5.74, 6) is -0.658. The summed E-state index contributed by atoms with van der Waals surface area (Å²) in [6, 6.07) is 12.3. The highest BCUT2D eigenvalue weighted by Gasteiger charge is 2.07. The zero-order valence-corrected chi connectivity index (χ0v) is 12.7. The van der Waals surface area contributed by atoms with Gasteiger partial charge >= 0.3 is 0 Å². The Balaban J connectivity index is 2.00. The van der Waals surface area contributed by atoms with E-state index >= 15 is 0 Å². The Morgan fingerprint density at radius 3 is 2.40 bits per heavy atom. The Morgan fingerprint density at radius 2 is 1.80 bits per heavy atom. The SMILES string of the molecule is Cc1cc(F)cc(C(=O)NCc2ccc(CBr)cc2)c1. The summed E-state index contributed by atoms with van der Waals surface area (Å²) in [5.41, 5.74) is 3.27. The minimum Gasteiger partial charge on any atom is -0.348 e. The lowest BCUT2D eigenvalue weighted by Gasteiger charge is -2.07. The predicted octanol–water partition coefficient (Wildman–Crippen LogP) is 3.96. The van der Waals surface area contributed by atoms with Gasteiger partial charge in [-0.05, 0) is 41.8 Å². The van der Waals surface area contributed by atoms with Crippen molar-refractivity contribution < 1.29 is 9.18 Å². The van der Waals surface area contributed by atoms with E-state index in [4.69, 9.17) is 0 Å². The molecule has 0 bridgehead atoms. The van der Waals surface area contributed by atoms with Gasteiger partial charge in [0, 0.05) is 17.4 Å². The van der Waals surface area contributed by atoms with Gasteiger partial charge in [0.2, 0.25) is 0 Å². The summed E-state index contributed by atoms with van der Waals surface area (Å²) >= 11 is 3.38. The first-order valence-corrected chi connectivity index (χ1v) is 7.40. The van der Waals surface area contributed by atoms with Gasteiger partial charge in [-0.25, -0.2) is 4.39 Å². The zero-order chi connectivity index (χ0) is 14.5. The van der Waals surface area contributed by atoms with Crippen molar-refractivity contribution in [3.8, 4) is 0 Å². The van der Waals surface area contributed by atoms with Crippen LogP contribution in [-0.2, 0) is 11.9 Å². The van der Waals surface area contributed by atoms with Gasteiger partial charge in [-0.2, -0.15) is 0 Å². The van der Waals surface area contributed by atoms with E-state index in [1.807, 2.05) is 24.3 Å². The molecule has 2 aromatic carbocycles. The van der Waals surface area contributed by atoms with Gasteiger partial charge in [0.25, 0.3) is 5.91 Å². The zero-order valence-electron chi connectivity index (χ0n) is 11.1. The number of rotatable bonds is 4. The summed E-state index contributed by atoms with van der Waals surface area (Å²) in [4.78, 5) is 12.0. The highest BCUT2D eigenvalue weighted by molar-refractivity contribution is 9.08. The van der Waals surface area contributed by atoms with Crippen molar-refractivity contribution in [2.24, 2.45) is 0 Å². The maximum Gasteiger partial charge on any atom is 0.251 e. The molecule has 1 amide bonds. The first kappa shape index (κ1) is 14.7. The fraction of sp³-hybridized carbons (Fsp3) is 0.188. The van der Waals surface area contributed by atoms with Crippen molar-refractivity contribution in [3.63, 3.8) is 0 Å². The maximum atomic E-state index is 13.3. The molecule has 0 aliphatic heterocycles. The van der Waals surface area contributed by atoms with Crippen molar-refractivity contribution in [3.05, 3.63) is 70.5 Å². The van der Waals surface area contributed by atoms with Gasteiger partial charge in [0.05, 0.1) is 0 Å². The third kappa shape index (κ3) is 3.90. The molecule has 0 aliphatic rings. The van der Waals surface area contributed by atoms with Crippen LogP contribution in [0.4, 0.5) is 4.39 Å². The average molecular weight is 336 g/mol. The van der Waals surface area contributed by atoms with Gasteiger partial charge in [-0.1, -0.05) is 40.2 Å². The number of halogens is 2. The summed E-state index contributed by atoms with van der Waals surface area (Å²) in [6.07, 6.45) is 0. The fourth-order valence-corrected chi connectivity index (χ4v) is 2.27. The smallest absolute Gasteiger partial charge is 0.251 e. The lowest BCUT2D eigenvalue weighted by Crippen LogP contribution is -2.23. The Kier molecular flexibility index (Phi) is 4.90. The lowest BCUT2D eigenvalue weighted by atomic mass is 10.1. The summed E-state index contributed by atoms with van der Waals surface area (Å²) in [6.45, 7) is 2.19. The molecule has 0 fully saturated rings. The van der Waals surface area contributed by atoms with Crippen molar-refractivity contribution in [2.45, 2.75) is 18.8 Å². The number of nitrogens with one attached hydrogen (secondary N) is 1. The topological polar surface area (TPSA) is 29.1 Å². The second-order valence-corrected chi connectivity index (χ2v) is 5.21. The first-order valence-electron chi connectivity index (χ1n) is 6.27. The molecule has 2 nitrogen and oxygen atoms in total. The monoisotopic (exact) mass is 335 g/mol. The van der Waals surface area contributed by atoms with E-state index in [-0.39, 0.29) is 5.91 Å². The van der Waals surface area contributed by atoms with Crippen LogP contribution in [0.25, 0.3) is 0 Å². The standard InChI is InChI=1S/C16H15BrFNO/c1-11-6-14(8-15(18)7-11)16(20)19-10-13-4-2-12(9-17)3-5-13/h2-8H,9-10H2,1H3,(H,19,20). The molecule has 0 saturated carbocycles. The highest BCUT2D eigenvalue weighted by atomic mass is 79.9. The maximum absolute atomic E-state index is 13.3. The predicted molar refractivity (Wildman–Crippen MR) is 81.4 cm³/mol. The minimum atomic E-state index is -0.392. The number of hydrogen-bond donors (Lipinski definition) is 1. The number of amides is 1. The van der Waals surface area contributed by atoms with Crippen LogP contribution in [0.3, 0.4) is 0 Å². The van der Waals surface area contributed by atoms with E-state index in [1.54, 1.807) is 13.0 Å². The summed E-state index contributed by atoms with van der Waals surface area (Å²) in [7, 11) is 0. The van der Waals surface area contributed by atoms with Gasteiger partial charge in [0.15, 0.2) is 0 Å². The van der Waals surface area contributed by atoms with Crippen LogP contribution in [0.15, 0.2) is 42.5 Å². The van der Waals surface area contributed by atoms with Crippen molar-refractivity contribution >= 4 is 21.8 Å². The molecule has 0 aromatic heterocycles. The third-order valence-electron chi connectivity index (χ3n) is 2.93. The molecule has 0 saturated heterocycles. The number of hydrogen-bond acceptors (Lipinski definition) is 1. The molecule has 104 valence electrons. The highest BCUT2D eigenvalue weighted by Crippen LogP contribution is 2.10. The lowest BCUT2D eigenvalue weighted by molar-refractivity contribution is 0.0950. The Labute approximate surface area is 126 Å². The molecule has 0 spiro atoms. The number of alkyl halides is 1. The molecule has 4 heteroatoms. The normalized spacial score (nSPS) is 10.3.